The number of nitrogens with zero attached hydrogens (tertiary/aromatic N) is 2. The van der Waals surface area contributed by atoms with Crippen LogP contribution in [0.3, 0.4) is 0 Å². The van der Waals surface area contributed by atoms with Crippen molar-refractivity contribution in [3.05, 3.63) is 0 Å². The maximum absolute atomic E-state index is 6.30. The van der Waals surface area contributed by atoms with Crippen molar-refractivity contribution < 1.29 is 4.74 Å². The van der Waals surface area contributed by atoms with Gasteiger partial charge >= 0.3 is 0 Å². The maximum atomic E-state index is 6.30. The normalized spacial score (nSPS) is 45.5. The van der Waals surface area contributed by atoms with E-state index < -0.39 is 0 Å². The van der Waals surface area contributed by atoms with Gasteiger partial charge in [0.1, 0.15) is 5.50 Å². The first kappa shape index (κ1) is 11.9. The monoisotopic (exact) mass is 276 g/mol. The van der Waals surface area contributed by atoms with Crippen LogP contribution in [0.15, 0.2) is 4.99 Å². The number of hydrogen-bond acceptors (Lipinski definition) is 6. The summed E-state index contributed by atoms with van der Waals surface area (Å²) < 4.78 is 5.59. The van der Waals surface area contributed by atoms with Crippen molar-refractivity contribution in [3.8, 4) is 0 Å². The number of ether oxygens (including phenoxy) is 1. The van der Waals surface area contributed by atoms with Gasteiger partial charge in [0.05, 0.1) is 18.8 Å². The Hall–Kier alpha value is -0.170. The van der Waals surface area contributed by atoms with E-state index in [1.54, 1.807) is 11.8 Å². The number of morpholine rings is 1. The van der Waals surface area contributed by atoms with Gasteiger partial charge in [0.15, 0.2) is 0 Å². The Morgan fingerprint density at radius 2 is 2.35 bits per heavy atom. The van der Waals surface area contributed by atoms with Gasteiger partial charge in [-0.2, -0.15) is 4.99 Å². The molecule has 96 valence electrons. The summed E-state index contributed by atoms with van der Waals surface area (Å²) in [5.74, 6) is 1.97. The molecule has 3 aliphatic rings. The van der Waals surface area contributed by atoms with Crippen LogP contribution in [0, 0.1) is 0 Å². The molecule has 5 nitrogen and oxygen atoms in total. The number of alkyl halides is 1. The molecule has 0 aromatic carbocycles. The highest BCUT2D eigenvalue weighted by Crippen LogP contribution is 2.34. The summed E-state index contributed by atoms with van der Waals surface area (Å²) in [5, 5.41) is 6.45. The van der Waals surface area contributed by atoms with E-state index in [9.17, 15) is 0 Å². The molecule has 0 bridgehead atoms. The Morgan fingerprint density at radius 3 is 3.00 bits per heavy atom. The Morgan fingerprint density at radius 1 is 1.59 bits per heavy atom. The van der Waals surface area contributed by atoms with E-state index in [1.807, 2.05) is 0 Å². The lowest BCUT2D eigenvalue weighted by molar-refractivity contribution is -0.0432. The van der Waals surface area contributed by atoms with E-state index in [1.165, 1.54) is 0 Å². The Balaban J connectivity index is 1.76. The molecule has 1 spiro atoms. The fourth-order valence-electron chi connectivity index (χ4n) is 2.31. The second-order valence-corrected chi connectivity index (χ2v) is 6.39. The van der Waals surface area contributed by atoms with Gasteiger partial charge in [-0.1, -0.05) is 23.4 Å². The topological polar surface area (TPSA) is 48.9 Å². The molecular weight excluding hydrogens is 260 g/mol. The average molecular weight is 277 g/mol. The Bertz CT molecular complexity index is 347. The van der Waals surface area contributed by atoms with Crippen molar-refractivity contribution >= 4 is 29.3 Å². The van der Waals surface area contributed by atoms with Crippen LogP contribution in [-0.2, 0) is 4.74 Å². The van der Waals surface area contributed by atoms with Crippen LogP contribution in [0.5, 0.6) is 0 Å². The first-order valence-electron chi connectivity index (χ1n) is 5.92. The zero-order chi connectivity index (χ0) is 12.0. The van der Waals surface area contributed by atoms with Crippen LogP contribution >= 0.6 is 23.4 Å². The van der Waals surface area contributed by atoms with Gasteiger partial charge in [0.25, 0.3) is 0 Å². The molecular formula is C10H17ClN4OS. The van der Waals surface area contributed by atoms with Gasteiger partial charge in [0.2, 0.25) is 11.1 Å². The molecule has 3 rings (SSSR count). The first-order valence-corrected chi connectivity index (χ1v) is 7.34. The average Bonchev–Trinajstić information content (AvgIpc) is 2.72. The lowest BCUT2D eigenvalue weighted by Crippen LogP contribution is -2.69. The van der Waals surface area contributed by atoms with Crippen LogP contribution in [-0.4, -0.2) is 52.5 Å². The quantitative estimate of drug-likeness (QED) is 0.500. The van der Waals surface area contributed by atoms with Crippen molar-refractivity contribution in [1.82, 2.24) is 15.5 Å². The molecule has 0 saturated carbocycles. The number of hydrogen-bond donors (Lipinski definition) is 2. The van der Waals surface area contributed by atoms with E-state index >= 15 is 0 Å². The van der Waals surface area contributed by atoms with Gasteiger partial charge in [-0.3, -0.25) is 5.32 Å². The molecule has 3 aliphatic heterocycles. The van der Waals surface area contributed by atoms with Crippen molar-refractivity contribution in [2.24, 2.45) is 4.99 Å². The van der Waals surface area contributed by atoms with Crippen LogP contribution in [0.4, 0.5) is 0 Å². The maximum Gasteiger partial charge on any atom is 0.240 e. The Kier molecular flexibility index (Phi) is 2.93. The predicted octanol–water partition coefficient (Wildman–Crippen LogP) is 0.567. The fourth-order valence-corrected chi connectivity index (χ4v) is 3.67. The van der Waals surface area contributed by atoms with Crippen molar-refractivity contribution in [1.29, 1.82) is 0 Å². The number of aliphatic imine (C=N–C) groups is 1. The molecule has 0 aliphatic carbocycles. The molecule has 4 unspecified atom stereocenters. The van der Waals surface area contributed by atoms with E-state index in [2.05, 4.69) is 34.4 Å². The van der Waals surface area contributed by atoms with E-state index in [0.717, 1.165) is 18.3 Å². The molecule has 0 aromatic rings. The summed E-state index contributed by atoms with van der Waals surface area (Å²) in [4.78, 5) is 6.77. The number of thioether (sulfide) groups is 1. The molecule has 0 amide bonds. The molecule has 2 N–H and O–H groups in total. The SMILES string of the molecule is CC1OCC(Cl)N(C2=NC3(NCCS3)N2)C1C. The summed E-state index contributed by atoms with van der Waals surface area (Å²) in [5.41, 5.74) is -0.142. The zero-order valence-corrected chi connectivity index (χ0v) is 11.5. The third-order valence-electron chi connectivity index (χ3n) is 3.48. The number of rotatable bonds is 0. The van der Waals surface area contributed by atoms with Crippen LogP contribution in [0.2, 0.25) is 0 Å². The first-order chi connectivity index (χ1) is 8.11. The van der Waals surface area contributed by atoms with E-state index in [4.69, 9.17) is 16.3 Å². The summed E-state index contributed by atoms with van der Waals surface area (Å²) in [6.45, 7) is 5.72. The molecule has 17 heavy (non-hydrogen) atoms. The standard InChI is InChI=1S/C10H17ClN4OS/c1-6-7(2)16-5-8(11)15(6)9-13-10(14-9)12-3-4-17-10/h6-8,12H,3-5H2,1-2H3,(H,13,14). The van der Waals surface area contributed by atoms with Crippen molar-refractivity contribution in [3.63, 3.8) is 0 Å². The molecule has 2 saturated heterocycles. The zero-order valence-electron chi connectivity index (χ0n) is 9.94. The number of guanidine groups is 1. The van der Waals surface area contributed by atoms with E-state index in [0.29, 0.717) is 6.61 Å². The van der Waals surface area contributed by atoms with Crippen LogP contribution < -0.4 is 10.6 Å². The molecule has 4 atom stereocenters. The van der Waals surface area contributed by atoms with Gasteiger partial charge in [-0.25, -0.2) is 0 Å². The molecule has 2 fully saturated rings. The Labute approximate surface area is 110 Å². The van der Waals surface area contributed by atoms with Gasteiger partial charge in [-0.05, 0) is 13.8 Å². The van der Waals surface area contributed by atoms with Gasteiger partial charge in [0, 0.05) is 12.3 Å². The third kappa shape index (κ3) is 1.91. The van der Waals surface area contributed by atoms with Crippen molar-refractivity contribution in [2.75, 3.05) is 18.9 Å². The second-order valence-electron chi connectivity index (χ2n) is 4.60. The van der Waals surface area contributed by atoms with Crippen molar-refractivity contribution in [2.45, 2.75) is 36.6 Å². The molecule has 7 heteroatoms. The second kappa shape index (κ2) is 4.19. The molecule has 0 radical (unpaired) electrons. The minimum absolute atomic E-state index is 0.142. The highest BCUT2D eigenvalue weighted by atomic mass is 35.5. The largest absolute Gasteiger partial charge is 0.373 e. The minimum Gasteiger partial charge on any atom is -0.373 e. The fraction of sp³-hybridized carbons (Fsp3) is 0.900. The van der Waals surface area contributed by atoms with Crippen LogP contribution in [0.1, 0.15) is 13.8 Å². The third-order valence-corrected chi connectivity index (χ3v) is 4.98. The highest BCUT2D eigenvalue weighted by Gasteiger charge is 2.47. The number of halogens is 1. The summed E-state index contributed by atoms with van der Waals surface area (Å²) in [6, 6.07) is 0.237. The predicted molar refractivity (Wildman–Crippen MR) is 70.1 cm³/mol. The molecule has 3 heterocycles. The van der Waals surface area contributed by atoms with E-state index in [-0.39, 0.29) is 22.8 Å². The lowest BCUT2D eigenvalue weighted by atomic mass is 10.1. The lowest BCUT2D eigenvalue weighted by Gasteiger charge is -2.48. The highest BCUT2D eigenvalue weighted by molar-refractivity contribution is 8.00. The number of nitrogens with one attached hydrogen (secondary N) is 2. The summed E-state index contributed by atoms with van der Waals surface area (Å²) in [6.07, 6.45) is 0.176. The van der Waals surface area contributed by atoms with Crippen LogP contribution in [0.25, 0.3) is 0 Å². The summed E-state index contributed by atoms with van der Waals surface area (Å²) >= 11 is 8.09. The van der Waals surface area contributed by atoms with Gasteiger partial charge < -0.3 is 15.0 Å². The minimum atomic E-state index is -0.285. The smallest absolute Gasteiger partial charge is 0.240 e. The van der Waals surface area contributed by atoms with Gasteiger partial charge in [-0.15, -0.1) is 0 Å². The summed E-state index contributed by atoms with van der Waals surface area (Å²) in [7, 11) is 0. The molecule has 0 aromatic heterocycles.